The number of aromatic nitrogens is 1. The van der Waals surface area contributed by atoms with E-state index >= 15 is 0 Å². The Hall–Kier alpha value is -4.41. The Kier molecular flexibility index (Phi) is 8.71. The number of hydrogen-bond donors (Lipinski definition) is 1. The molecule has 0 aliphatic rings. The molecular weight excluding hydrogens is 526 g/mol. The fraction of sp³-hybridized carbons (Fsp3) is 0.250. The molecule has 0 spiro atoms. The van der Waals surface area contributed by atoms with Gasteiger partial charge in [-0.1, -0.05) is 71.4 Å². The molecule has 1 aromatic heterocycles. The van der Waals surface area contributed by atoms with Gasteiger partial charge in [0.2, 0.25) is 0 Å². The minimum absolute atomic E-state index is 0.171. The molecule has 0 fully saturated rings. The molecule has 8 heteroatoms. The second-order valence-corrected chi connectivity index (χ2v) is 10.6. The van der Waals surface area contributed by atoms with Gasteiger partial charge in [0.05, 0.1) is 11.6 Å². The minimum atomic E-state index is -1.50. The number of esters is 1. The number of carbonyl (C=O) groups is 2. The van der Waals surface area contributed by atoms with Crippen molar-refractivity contribution in [2.75, 3.05) is 0 Å². The van der Waals surface area contributed by atoms with E-state index in [2.05, 4.69) is 16.5 Å². The summed E-state index contributed by atoms with van der Waals surface area (Å²) in [6.07, 6.45) is 0.591. The second kappa shape index (κ2) is 12.2. The molecule has 3 aromatic carbocycles. The fourth-order valence-corrected chi connectivity index (χ4v) is 4.64. The van der Waals surface area contributed by atoms with Gasteiger partial charge in [-0.05, 0) is 69.5 Å². The van der Waals surface area contributed by atoms with Gasteiger partial charge >= 0.3 is 5.97 Å². The highest BCUT2D eigenvalue weighted by molar-refractivity contribution is 6.30. The molecule has 0 aliphatic heterocycles. The maximum atomic E-state index is 13.5. The summed E-state index contributed by atoms with van der Waals surface area (Å²) in [7, 11) is 0. The first-order valence-corrected chi connectivity index (χ1v) is 13.3. The van der Waals surface area contributed by atoms with Crippen LogP contribution in [0.2, 0.25) is 5.02 Å². The molecule has 0 saturated heterocycles. The predicted octanol–water partition coefficient (Wildman–Crippen LogP) is 6.64. The molecule has 1 N–H and O–H groups in total. The van der Waals surface area contributed by atoms with Gasteiger partial charge in [0.1, 0.15) is 17.0 Å². The Morgan fingerprint density at radius 1 is 1.07 bits per heavy atom. The molecule has 0 saturated carbocycles. The smallest absolute Gasteiger partial charge is 0.345 e. The number of hydrogen-bond acceptors (Lipinski definition) is 6. The predicted molar refractivity (Wildman–Crippen MR) is 153 cm³/mol. The topological polar surface area (TPSA) is 105 Å². The molecule has 0 bridgehead atoms. The lowest BCUT2D eigenvalue weighted by atomic mass is 9.85. The van der Waals surface area contributed by atoms with Crippen LogP contribution in [0.5, 0.6) is 0 Å². The van der Waals surface area contributed by atoms with E-state index < -0.39 is 17.5 Å². The van der Waals surface area contributed by atoms with Crippen LogP contribution in [0, 0.1) is 18.3 Å². The summed E-state index contributed by atoms with van der Waals surface area (Å²) in [6, 6.07) is 25.8. The number of aryl methyl sites for hydroxylation is 1. The van der Waals surface area contributed by atoms with Gasteiger partial charge in [-0.25, -0.2) is 4.79 Å². The number of nitrogens with zero attached hydrogens (tertiary/aromatic N) is 2. The van der Waals surface area contributed by atoms with Crippen molar-refractivity contribution in [2.45, 2.75) is 51.7 Å². The largest absolute Gasteiger partial charge is 0.446 e. The molecule has 1 heterocycles. The summed E-state index contributed by atoms with van der Waals surface area (Å²) < 4.78 is 11.0. The lowest BCUT2D eigenvalue weighted by Gasteiger charge is -2.30. The summed E-state index contributed by atoms with van der Waals surface area (Å²) in [5.74, 6) is -1.03. The normalized spacial score (nSPS) is 12.7. The molecule has 7 nitrogen and oxygen atoms in total. The van der Waals surface area contributed by atoms with Crippen LogP contribution >= 0.6 is 11.6 Å². The highest BCUT2D eigenvalue weighted by atomic mass is 35.5. The number of nitriles is 1. The van der Waals surface area contributed by atoms with Gasteiger partial charge in [0.15, 0.2) is 5.60 Å². The second-order valence-electron chi connectivity index (χ2n) is 10.2. The van der Waals surface area contributed by atoms with Crippen molar-refractivity contribution in [1.82, 2.24) is 10.5 Å². The highest BCUT2D eigenvalue weighted by Gasteiger charge is 2.36. The van der Waals surface area contributed by atoms with Crippen molar-refractivity contribution in [1.29, 1.82) is 5.26 Å². The zero-order valence-corrected chi connectivity index (χ0v) is 23.5. The summed E-state index contributed by atoms with van der Waals surface area (Å²) in [5.41, 5.74) is 2.20. The number of ether oxygens (including phenoxy) is 1. The van der Waals surface area contributed by atoms with Crippen LogP contribution in [-0.2, 0) is 16.0 Å². The van der Waals surface area contributed by atoms with Gasteiger partial charge in [-0.3, -0.25) is 4.79 Å². The van der Waals surface area contributed by atoms with E-state index in [0.717, 1.165) is 11.1 Å². The Morgan fingerprint density at radius 2 is 1.77 bits per heavy atom. The first-order chi connectivity index (χ1) is 19.1. The van der Waals surface area contributed by atoms with Crippen LogP contribution in [0.15, 0.2) is 83.4 Å². The average molecular weight is 556 g/mol. The van der Waals surface area contributed by atoms with E-state index in [1.807, 2.05) is 79.7 Å². The molecule has 4 aromatic rings. The molecule has 204 valence electrons. The molecular formula is C32H30ClN3O4. The lowest BCUT2D eigenvalue weighted by molar-refractivity contribution is -0.138. The number of nitrogens with one attached hydrogen (secondary N) is 1. The molecule has 40 heavy (non-hydrogen) atoms. The van der Waals surface area contributed by atoms with Gasteiger partial charge < -0.3 is 14.6 Å². The highest BCUT2D eigenvalue weighted by Crippen LogP contribution is 2.29. The summed E-state index contributed by atoms with van der Waals surface area (Å²) >= 11 is 6.07. The third-order valence-corrected chi connectivity index (χ3v) is 7.04. The van der Waals surface area contributed by atoms with Gasteiger partial charge in [0, 0.05) is 22.5 Å². The van der Waals surface area contributed by atoms with E-state index in [-0.39, 0.29) is 17.5 Å². The van der Waals surface area contributed by atoms with E-state index in [9.17, 15) is 14.9 Å². The fourth-order valence-electron chi connectivity index (χ4n) is 4.51. The Bertz CT molecular complexity index is 1540. The Morgan fingerprint density at radius 3 is 2.45 bits per heavy atom. The van der Waals surface area contributed by atoms with Gasteiger partial charge in [0.25, 0.3) is 5.91 Å². The molecule has 2 atom stereocenters. The zero-order chi connectivity index (χ0) is 28.9. The molecule has 1 amide bonds. The van der Waals surface area contributed by atoms with Gasteiger partial charge in [-0.2, -0.15) is 5.26 Å². The van der Waals surface area contributed by atoms with Crippen LogP contribution in [0.4, 0.5) is 0 Å². The molecule has 0 radical (unpaired) electrons. The van der Waals surface area contributed by atoms with Crippen molar-refractivity contribution in [3.63, 3.8) is 0 Å². The monoisotopic (exact) mass is 555 g/mol. The van der Waals surface area contributed by atoms with Crippen molar-refractivity contribution < 1.29 is 18.8 Å². The summed E-state index contributed by atoms with van der Waals surface area (Å²) in [6.45, 7) is 6.61. The van der Waals surface area contributed by atoms with Crippen LogP contribution in [-0.4, -0.2) is 28.7 Å². The van der Waals surface area contributed by atoms with Gasteiger partial charge in [-0.15, -0.1) is 0 Å². The van der Waals surface area contributed by atoms with Crippen molar-refractivity contribution in [2.24, 2.45) is 0 Å². The van der Waals surface area contributed by atoms with Crippen LogP contribution in [0.3, 0.4) is 0 Å². The van der Waals surface area contributed by atoms with E-state index in [4.69, 9.17) is 20.9 Å². The number of benzene rings is 3. The van der Waals surface area contributed by atoms with Crippen molar-refractivity contribution in [3.8, 4) is 17.3 Å². The number of carbonyl (C=O) groups excluding carboxylic acids is 2. The van der Waals surface area contributed by atoms with Crippen molar-refractivity contribution in [3.05, 3.63) is 112 Å². The SMILES string of the molecule is Cc1onc(-c2ccccc2)c1C(=O)OC(C)(C)C(=O)N[C@@H](C)[C@@H](Cc1ccc(Cl)cc1)c1cccc(C#N)c1. The quantitative estimate of drug-likeness (QED) is 0.232. The maximum Gasteiger partial charge on any atom is 0.345 e. The zero-order valence-electron chi connectivity index (χ0n) is 22.8. The Labute approximate surface area is 238 Å². The first-order valence-electron chi connectivity index (χ1n) is 12.9. The van der Waals surface area contributed by atoms with E-state index in [1.165, 1.54) is 0 Å². The summed E-state index contributed by atoms with van der Waals surface area (Å²) in [5, 5.41) is 17.1. The van der Waals surface area contributed by atoms with E-state index in [1.54, 1.807) is 26.8 Å². The van der Waals surface area contributed by atoms with Crippen LogP contribution in [0.25, 0.3) is 11.3 Å². The molecule has 4 rings (SSSR count). The number of amides is 1. The van der Waals surface area contributed by atoms with Crippen LogP contribution in [0.1, 0.15) is 59.5 Å². The van der Waals surface area contributed by atoms with Crippen molar-refractivity contribution >= 4 is 23.5 Å². The number of rotatable bonds is 9. The Balaban J connectivity index is 1.54. The standard InChI is InChI=1S/C32H30ClN3O4/c1-20(27(18-22-13-15-26(33)16-14-22)25-12-8-9-23(17-25)19-34)35-31(38)32(3,4)39-30(37)28-21(2)40-36-29(28)24-10-6-5-7-11-24/h5-17,20,27H,18H2,1-4H3,(H,35,38)/t20-,27+/m0/s1. The minimum Gasteiger partial charge on any atom is -0.446 e. The summed E-state index contributed by atoms with van der Waals surface area (Å²) in [4.78, 5) is 26.8. The van der Waals surface area contributed by atoms with Crippen LogP contribution < -0.4 is 5.32 Å². The maximum absolute atomic E-state index is 13.5. The first kappa shape index (κ1) is 28.6. The number of halogens is 1. The molecule has 0 unspecified atom stereocenters. The lowest BCUT2D eigenvalue weighted by Crippen LogP contribution is -2.50. The average Bonchev–Trinajstić information content (AvgIpc) is 3.34. The molecule has 0 aliphatic carbocycles. The van der Waals surface area contributed by atoms with E-state index in [0.29, 0.717) is 34.0 Å². The third kappa shape index (κ3) is 6.59. The third-order valence-electron chi connectivity index (χ3n) is 6.78.